The number of methoxy groups -OCH3 is 1. The van der Waals surface area contributed by atoms with Crippen LogP contribution < -0.4 is 10.6 Å². The highest BCUT2D eigenvalue weighted by molar-refractivity contribution is 5.97. The molecule has 1 heterocycles. The number of benzene rings is 1. The predicted molar refractivity (Wildman–Crippen MR) is 125 cm³/mol. The number of likely N-dealkylation sites (N-methyl/N-ethyl adjacent to an activating group) is 1. The minimum Gasteiger partial charge on any atom is -0.467 e. The Balaban J connectivity index is 1.85. The van der Waals surface area contributed by atoms with E-state index in [-0.39, 0.29) is 30.4 Å². The molecule has 4 N–H and O–H groups in total. The fourth-order valence-corrected chi connectivity index (χ4v) is 4.61. The van der Waals surface area contributed by atoms with Crippen molar-refractivity contribution in [1.82, 2.24) is 15.5 Å². The number of ether oxygens (including phenoxy) is 1. The number of rotatable bonds is 7. The van der Waals surface area contributed by atoms with E-state index in [2.05, 4.69) is 10.6 Å². The Kier molecular flexibility index (Phi) is 8.46. The van der Waals surface area contributed by atoms with Crippen molar-refractivity contribution in [3.63, 3.8) is 0 Å². The summed E-state index contributed by atoms with van der Waals surface area (Å²) in [4.78, 5) is 40.3. The Morgan fingerprint density at radius 1 is 1.15 bits per heavy atom. The molecule has 9 nitrogen and oxygen atoms in total. The van der Waals surface area contributed by atoms with Gasteiger partial charge < -0.3 is 30.5 Å². The molecule has 3 rings (SSSR count). The van der Waals surface area contributed by atoms with Crippen LogP contribution in [0.25, 0.3) is 0 Å². The Morgan fingerprint density at radius 2 is 1.82 bits per heavy atom. The first-order chi connectivity index (χ1) is 16.2. The summed E-state index contributed by atoms with van der Waals surface area (Å²) in [6, 6.07) is 5.39. The van der Waals surface area contributed by atoms with E-state index in [0.717, 1.165) is 11.1 Å². The van der Waals surface area contributed by atoms with Crippen LogP contribution in [0, 0.1) is 5.92 Å². The van der Waals surface area contributed by atoms with E-state index >= 15 is 0 Å². The molecule has 9 heteroatoms. The Labute approximate surface area is 200 Å². The van der Waals surface area contributed by atoms with Crippen LogP contribution in [0.5, 0.6) is 0 Å². The van der Waals surface area contributed by atoms with Gasteiger partial charge in [-0.3, -0.25) is 9.59 Å². The molecule has 2 amide bonds. The number of nitrogens with one attached hydrogen (secondary N) is 2. The van der Waals surface area contributed by atoms with Crippen LogP contribution in [0.3, 0.4) is 0 Å². The highest BCUT2D eigenvalue weighted by Gasteiger charge is 2.40. The third-order valence-electron chi connectivity index (χ3n) is 6.51. The maximum atomic E-state index is 13.5. The Hall–Kier alpha value is -2.75. The molecule has 0 fully saturated rings. The molecule has 0 aromatic heterocycles. The standard InChI is InChI=1S/C25H35N3O6/c1-14(2)9-19(26-3)23(31)27-18-10-17(12-21(29)22(18)30)24(32)28-13-16-8-6-5-7-15(16)11-20(28)25(33)34-4/h5-8,10,14,18-22,26,29-30H,9,11-13H2,1-4H3,(H,27,31)/t18-,19+,20+,21-,22-/m1/s1. The van der Waals surface area contributed by atoms with Gasteiger partial charge in [0.05, 0.1) is 25.3 Å². The number of esters is 1. The van der Waals surface area contributed by atoms with Gasteiger partial charge >= 0.3 is 5.97 Å². The SMILES string of the molecule is CN[C@@H](CC(C)C)C(=O)N[C@@H]1C=C(C(=O)N2Cc3ccccc3C[C@H]2C(=O)OC)C[C@@H](O)[C@@H]1O. The van der Waals surface area contributed by atoms with Crippen molar-refractivity contribution in [2.75, 3.05) is 14.2 Å². The van der Waals surface area contributed by atoms with Crippen molar-refractivity contribution in [2.24, 2.45) is 5.92 Å². The van der Waals surface area contributed by atoms with E-state index in [1.54, 1.807) is 7.05 Å². The number of carbonyl (C=O) groups excluding carboxylic acids is 3. The third-order valence-corrected chi connectivity index (χ3v) is 6.51. The van der Waals surface area contributed by atoms with Crippen LogP contribution in [-0.4, -0.2) is 77.4 Å². The van der Waals surface area contributed by atoms with E-state index < -0.39 is 42.2 Å². The van der Waals surface area contributed by atoms with Gasteiger partial charge in [-0.2, -0.15) is 0 Å². The summed E-state index contributed by atoms with van der Waals surface area (Å²) < 4.78 is 4.95. The smallest absolute Gasteiger partial charge is 0.328 e. The average molecular weight is 474 g/mol. The number of aliphatic hydroxyl groups excluding tert-OH is 2. The molecule has 0 bridgehead atoms. The number of carbonyl (C=O) groups is 3. The van der Waals surface area contributed by atoms with Crippen LogP contribution in [0.15, 0.2) is 35.9 Å². The van der Waals surface area contributed by atoms with Gasteiger partial charge in [0, 0.05) is 25.0 Å². The van der Waals surface area contributed by atoms with Gasteiger partial charge in [0.25, 0.3) is 5.91 Å². The second-order valence-corrected chi connectivity index (χ2v) is 9.40. The number of hydrogen-bond donors (Lipinski definition) is 4. The predicted octanol–water partition coefficient (Wildman–Crippen LogP) is 0.284. The van der Waals surface area contributed by atoms with Gasteiger partial charge in [-0.15, -0.1) is 0 Å². The normalized spacial score (nSPS) is 25.3. The minimum absolute atomic E-state index is 0.0835. The summed E-state index contributed by atoms with van der Waals surface area (Å²) in [5.41, 5.74) is 2.15. The maximum absolute atomic E-state index is 13.5. The summed E-state index contributed by atoms with van der Waals surface area (Å²) in [5.74, 6) is -0.996. The highest BCUT2D eigenvalue weighted by atomic mass is 16.5. The average Bonchev–Trinajstić information content (AvgIpc) is 2.83. The van der Waals surface area contributed by atoms with Gasteiger partial charge in [0.2, 0.25) is 5.91 Å². The monoisotopic (exact) mass is 473 g/mol. The molecule has 0 unspecified atom stereocenters. The van der Waals surface area contributed by atoms with Gasteiger partial charge in [-0.05, 0) is 30.5 Å². The van der Waals surface area contributed by atoms with Crippen LogP contribution in [0.1, 0.15) is 37.8 Å². The third kappa shape index (κ3) is 5.65. The van der Waals surface area contributed by atoms with E-state index in [0.29, 0.717) is 12.8 Å². The molecule has 0 radical (unpaired) electrons. The molecule has 186 valence electrons. The summed E-state index contributed by atoms with van der Waals surface area (Å²) in [6.45, 7) is 4.22. The largest absolute Gasteiger partial charge is 0.467 e. The Morgan fingerprint density at radius 3 is 2.44 bits per heavy atom. The number of fused-ring (bicyclic) bond motifs is 1. The van der Waals surface area contributed by atoms with Crippen molar-refractivity contribution >= 4 is 17.8 Å². The molecular weight excluding hydrogens is 438 g/mol. The zero-order valence-corrected chi connectivity index (χ0v) is 20.2. The summed E-state index contributed by atoms with van der Waals surface area (Å²) in [6.07, 6.45) is -0.158. The fraction of sp³-hybridized carbons (Fsp3) is 0.560. The van der Waals surface area contributed by atoms with E-state index in [1.807, 2.05) is 38.1 Å². The quantitative estimate of drug-likeness (QED) is 0.419. The van der Waals surface area contributed by atoms with Crippen LogP contribution in [0.4, 0.5) is 0 Å². The fourth-order valence-electron chi connectivity index (χ4n) is 4.61. The van der Waals surface area contributed by atoms with Crippen LogP contribution >= 0.6 is 0 Å². The summed E-state index contributed by atoms with van der Waals surface area (Å²) >= 11 is 0. The first-order valence-corrected chi connectivity index (χ1v) is 11.7. The minimum atomic E-state index is -1.25. The molecule has 1 aliphatic heterocycles. The lowest BCUT2D eigenvalue weighted by atomic mass is 9.87. The van der Waals surface area contributed by atoms with Crippen molar-refractivity contribution in [2.45, 2.75) is 70.0 Å². The molecule has 2 aliphatic rings. The van der Waals surface area contributed by atoms with Gasteiger partial charge in [-0.1, -0.05) is 44.2 Å². The lowest BCUT2D eigenvalue weighted by molar-refractivity contribution is -0.152. The van der Waals surface area contributed by atoms with E-state index in [9.17, 15) is 24.6 Å². The Bertz CT molecular complexity index is 946. The number of hydrogen-bond acceptors (Lipinski definition) is 7. The first kappa shape index (κ1) is 25.9. The number of aliphatic hydroxyl groups is 2. The molecule has 0 saturated heterocycles. The van der Waals surface area contributed by atoms with Crippen molar-refractivity contribution in [1.29, 1.82) is 0 Å². The molecular formula is C25H35N3O6. The second kappa shape index (κ2) is 11.1. The van der Waals surface area contributed by atoms with E-state index in [4.69, 9.17) is 4.74 Å². The molecule has 5 atom stereocenters. The zero-order chi connectivity index (χ0) is 25.0. The summed E-state index contributed by atoms with van der Waals surface area (Å²) in [7, 11) is 2.97. The van der Waals surface area contributed by atoms with Crippen LogP contribution in [-0.2, 0) is 32.1 Å². The maximum Gasteiger partial charge on any atom is 0.328 e. The topological polar surface area (TPSA) is 128 Å². The number of amides is 2. The van der Waals surface area contributed by atoms with Crippen molar-refractivity contribution in [3.8, 4) is 0 Å². The first-order valence-electron chi connectivity index (χ1n) is 11.7. The molecule has 1 aromatic carbocycles. The van der Waals surface area contributed by atoms with Crippen LogP contribution in [0.2, 0.25) is 0 Å². The molecule has 1 aromatic rings. The second-order valence-electron chi connectivity index (χ2n) is 9.40. The number of nitrogens with zero attached hydrogens (tertiary/aromatic N) is 1. The molecule has 0 saturated carbocycles. The van der Waals surface area contributed by atoms with Gasteiger partial charge in [0.1, 0.15) is 12.1 Å². The van der Waals surface area contributed by atoms with Crippen molar-refractivity contribution in [3.05, 3.63) is 47.0 Å². The van der Waals surface area contributed by atoms with E-state index in [1.165, 1.54) is 18.1 Å². The molecule has 1 aliphatic carbocycles. The molecule has 0 spiro atoms. The lowest BCUT2D eigenvalue weighted by Gasteiger charge is -2.38. The van der Waals surface area contributed by atoms with Gasteiger partial charge in [0.15, 0.2) is 0 Å². The van der Waals surface area contributed by atoms with Gasteiger partial charge in [-0.25, -0.2) is 4.79 Å². The molecule has 34 heavy (non-hydrogen) atoms. The zero-order valence-electron chi connectivity index (χ0n) is 20.2. The lowest BCUT2D eigenvalue weighted by Crippen LogP contribution is -2.56. The highest BCUT2D eigenvalue weighted by Crippen LogP contribution is 2.28. The van der Waals surface area contributed by atoms with Crippen molar-refractivity contribution < 1.29 is 29.3 Å². The summed E-state index contributed by atoms with van der Waals surface area (Å²) in [5, 5.41) is 26.7.